The molecular weight excluding hydrogens is 594 g/mol. The molecule has 0 saturated heterocycles. The number of hydrogen-bond acceptors (Lipinski definition) is 4. The monoisotopic (exact) mass is 614 g/mol. The van der Waals surface area contributed by atoms with Crippen LogP contribution in [0.25, 0.3) is 45.4 Å². The molecule has 6 nitrogen and oxygen atoms in total. The summed E-state index contributed by atoms with van der Waals surface area (Å²) in [5.41, 5.74) is 1.39. The molecule has 2 aliphatic heterocycles. The van der Waals surface area contributed by atoms with Crippen LogP contribution < -0.4 is 24.7 Å². The van der Waals surface area contributed by atoms with Crippen LogP contribution >= 0.6 is 0 Å². The van der Waals surface area contributed by atoms with Crippen LogP contribution in [0.2, 0.25) is 0 Å². The maximum atomic E-state index is 16.9. The molecular formula is C33H20BF5N2O4. The Bertz CT molecular complexity index is 2330. The van der Waals surface area contributed by atoms with Crippen LogP contribution in [0.1, 0.15) is 11.3 Å². The first kappa shape index (κ1) is 27.1. The smallest absolute Gasteiger partial charge is 0.497 e. The van der Waals surface area contributed by atoms with Gasteiger partial charge >= 0.3 is 6.97 Å². The molecule has 6 aromatic rings. The van der Waals surface area contributed by atoms with Crippen molar-refractivity contribution < 1.29 is 40.1 Å². The molecule has 0 spiro atoms. The van der Waals surface area contributed by atoms with Gasteiger partial charge in [0.05, 0.1) is 37.5 Å². The third-order valence-electron chi connectivity index (χ3n) is 8.21. The zero-order valence-corrected chi connectivity index (χ0v) is 23.6. The fourth-order valence-corrected chi connectivity index (χ4v) is 6.11. The molecule has 0 fully saturated rings. The lowest BCUT2D eigenvalue weighted by Crippen LogP contribution is -2.56. The van der Waals surface area contributed by atoms with Crippen molar-refractivity contribution in [1.29, 1.82) is 0 Å². The first-order chi connectivity index (χ1) is 21.7. The van der Waals surface area contributed by atoms with E-state index in [-0.39, 0.29) is 44.4 Å². The number of furan rings is 2. The molecule has 0 bridgehead atoms. The number of aromatic nitrogens is 1. The van der Waals surface area contributed by atoms with E-state index in [9.17, 15) is 13.2 Å². The molecule has 3 aromatic carbocycles. The van der Waals surface area contributed by atoms with Gasteiger partial charge in [-0.15, -0.1) is 0 Å². The minimum Gasteiger partial charge on any atom is -0.497 e. The zero-order chi connectivity index (χ0) is 31.2. The van der Waals surface area contributed by atoms with Crippen molar-refractivity contribution in [1.82, 2.24) is 8.96 Å². The van der Waals surface area contributed by atoms with E-state index < -0.39 is 24.4 Å². The lowest BCUT2D eigenvalue weighted by atomic mass is 9.86. The molecule has 0 unspecified atom stereocenters. The largest absolute Gasteiger partial charge is 0.738 e. The molecule has 0 saturated carbocycles. The van der Waals surface area contributed by atoms with Crippen molar-refractivity contribution in [2.75, 3.05) is 14.2 Å². The summed E-state index contributed by atoms with van der Waals surface area (Å²) >= 11 is 0. The van der Waals surface area contributed by atoms with E-state index in [2.05, 4.69) is 0 Å². The summed E-state index contributed by atoms with van der Waals surface area (Å²) in [5, 5.41) is 0.0627. The molecule has 3 aromatic heterocycles. The van der Waals surface area contributed by atoms with Crippen molar-refractivity contribution in [3.05, 3.63) is 124 Å². The van der Waals surface area contributed by atoms with Gasteiger partial charge in [-0.05, 0) is 66.2 Å². The molecule has 0 amide bonds. The standard InChI is InChI=1S/C33H20BF5N2O4/c1-42-20-7-3-17(4-8-20)28-13-24-30(44-28)15-26-32(19-11-22(35)33(37)23(36)12-19)27-16-31-25(41(27)34(38,39)40(24)26)14-29(45-31)18-5-9-21(43-2)10-6-18/h3-16H,1-2H3. The summed E-state index contributed by atoms with van der Waals surface area (Å²) in [5.74, 6) is -2.67. The van der Waals surface area contributed by atoms with Gasteiger partial charge in [0.25, 0.3) is 0 Å². The van der Waals surface area contributed by atoms with E-state index in [1.54, 1.807) is 48.5 Å². The summed E-state index contributed by atoms with van der Waals surface area (Å²) in [6, 6.07) is 19.8. The highest BCUT2D eigenvalue weighted by Crippen LogP contribution is 2.43. The molecule has 0 aliphatic carbocycles. The van der Waals surface area contributed by atoms with Gasteiger partial charge in [0, 0.05) is 29.0 Å². The number of nitrogens with zero attached hydrogens (tertiary/aromatic N) is 2. The predicted molar refractivity (Wildman–Crippen MR) is 158 cm³/mol. The lowest BCUT2D eigenvalue weighted by molar-refractivity contribution is 0.414. The van der Waals surface area contributed by atoms with Crippen molar-refractivity contribution in [3.63, 3.8) is 0 Å². The molecule has 224 valence electrons. The number of rotatable bonds is 5. The second-order valence-electron chi connectivity index (χ2n) is 10.7. The van der Waals surface area contributed by atoms with E-state index in [1.807, 2.05) is 0 Å². The predicted octanol–water partition coefficient (Wildman–Crippen LogP) is 6.58. The molecule has 8 rings (SSSR count). The highest BCUT2D eigenvalue weighted by molar-refractivity contribution is 6.65. The van der Waals surface area contributed by atoms with Crippen molar-refractivity contribution >= 4 is 29.7 Å². The number of benzene rings is 3. The Labute approximate surface area is 251 Å². The molecule has 0 N–H and O–H groups in total. The molecule has 45 heavy (non-hydrogen) atoms. The van der Waals surface area contributed by atoms with Crippen LogP contribution in [0, 0.1) is 17.5 Å². The van der Waals surface area contributed by atoms with Crippen LogP contribution in [-0.2, 0) is 0 Å². The molecule has 12 heteroatoms. The Balaban J connectivity index is 1.39. The minimum absolute atomic E-state index is 0.0513. The second kappa shape index (κ2) is 9.49. The normalized spacial score (nSPS) is 14.8. The average molecular weight is 614 g/mol. The fraction of sp³-hybridized carbons (Fsp3) is 0.0606. The van der Waals surface area contributed by atoms with Gasteiger partial charge in [0.1, 0.15) is 28.6 Å². The Morgan fingerprint density at radius 2 is 1.29 bits per heavy atom. The molecule has 2 aliphatic rings. The number of allylic oxidation sites excluding steroid dienone is 1. The van der Waals surface area contributed by atoms with Gasteiger partial charge in [-0.2, -0.15) is 0 Å². The third kappa shape index (κ3) is 3.91. The summed E-state index contributed by atoms with van der Waals surface area (Å²) in [6.45, 7) is -4.61. The summed E-state index contributed by atoms with van der Waals surface area (Å²) in [7, 11) is 3.06. The van der Waals surface area contributed by atoms with Gasteiger partial charge in [0.15, 0.2) is 28.6 Å². The van der Waals surface area contributed by atoms with Crippen LogP contribution in [0.5, 0.6) is 11.5 Å². The number of hydrogen-bond donors (Lipinski definition) is 0. The Hall–Kier alpha value is -5.52. The highest BCUT2D eigenvalue weighted by Gasteiger charge is 2.54. The van der Waals surface area contributed by atoms with Crippen molar-refractivity contribution in [2.24, 2.45) is 0 Å². The topological polar surface area (TPSA) is 52.7 Å². The molecule has 5 heterocycles. The SMILES string of the molecule is COc1ccc(-c2cc3c(o2)=CC2=C(c4cc(F)c(F)c(F)c4)c4cc5oc(-c6ccc(OC)cc6)cc5n4[B-](F)(F)[N+]=32)cc1. The van der Waals surface area contributed by atoms with Crippen molar-refractivity contribution in [2.45, 2.75) is 0 Å². The van der Waals surface area contributed by atoms with Crippen LogP contribution in [0.3, 0.4) is 0 Å². The zero-order valence-electron chi connectivity index (χ0n) is 23.6. The van der Waals surface area contributed by atoms with Gasteiger partial charge in [-0.25, -0.2) is 13.2 Å². The second-order valence-corrected chi connectivity index (χ2v) is 10.7. The van der Waals surface area contributed by atoms with Gasteiger partial charge in [0.2, 0.25) is 5.36 Å². The third-order valence-corrected chi connectivity index (χ3v) is 8.21. The highest BCUT2D eigenvalue weighted by atomic mass is 19.2. The van der Waals surface area contributed by atoms with Crippen LogP contribution in [0.15, 0.2) is 93.4 Å². The summed E-state index contributed by atoms with van der Waals surface area (Å²) in [4.78, 5) is 0. The van der Waals surface area contributed by atoms with Crippen LogP contribution in [-0.4, -0.2) is 25.7 Å². The maximum Gasteiger partial charge on any atom is 0.738 e. The van der Waals surface area contributed by atoms with Gasteiger partial charge < -0.3 is 35.9 Å². The molecule has 0 atom stereocenters. The first-order valence-electron chi connectivity index (χ1n) is 13.8. The average Bonchev–Trinajstić information content (AvgIpc) is 3.79. The van der Waals surface area contributed by atoms with E-state index >= 15 is 8.63 Å². The first-order valence-corrected chi connectivity index (χ1v) is 13.8. The molecule has 0 radical (unpaired) electrons. The summed E-state index contributed by atoms with van der Waals surface area (Å²) in [6.07, 6.45) is 1.40. The number of fused-ring (bicyclic) bond motifs is 5. The maximum absolute atomic E-state index is 16.9. The lowest BCUT2D eigenvalue weighted by Gasteiger charge is -2.31. The van der Waals surface area contributed by atoms with E-state index in [4.69, 9.17) is 18.3 Å². The van der Waals surface area contributed by atoms with E-state index in [1.165, 1.54) is 38.5 Å². The Morgan fingerprint density at radius 3 is 1.87 bits per heavy atom. The van der Waals surface area contributed by atoms with Gasteiger partial charge in [-0.1, -0.05) is 0 Å². The van der Waals surface area contributed by atoms with E-state index in [0.29, 0.717) is 34.1 Å². The Morgan fingerprint density at radius 1 is 0.711 bits per heavy atom. The quantitative estimate of drug-likeness (QED) is 0.125. The van der Waals surface area contributed by atoms with Gasteiger partial charge in [-0.3, -0.25) is 0 Å². The number of methoxy groups -OCH3 is 2. The van der Waals surface area contributed by atoms with Crippen LogP contribution in [0.4, 0.5) is 21.8 Å². The Kier molecular flexibility index (Phi) is 5.71. The summed E-state index contributed by atoms with van der Waals surface area (Å²) < 4.78 is 101. The number of ether oxygens (including phenoxy) is 2. The number of halogens is 5. The fourth-order valence-electron chi connectivity index (χ4n) is 6.11. The van der Waals surface area contributed by atoms with Crippen molar-refractivity contribution in [3.8, 4) is 34.1 Å². The van der Waals surface area contributed by atoms with E-state index in [0.717, 1.165) is 21.1 Å². The minimum atomic E-state index is -4.61.